The summed E-state index contributed by atoms with van der Waals surface area (Å²) in [7, 11) is 0. The van der Waals surface area contributed by atoms with Crippen molar-refractivity contribution in [3.05, 3.63) is 101 Å². The van der Waals surface area contributed by atoms with Crippen molar-refractivity contribution in [2.24, 2.45) is 0 Å². The third-order valence-electron chi connectivity index (χ3n) is 5.63. The van der Waals surface area contributed by atoms with E-state index in [1.54, 1.807) is 25.2 Å². The Labute approximate surface area is 249 Å². The zero-order valence-corrected chi connectivity index (χ0v) is 27.0. The zero-order valence-electron chi connectivity index (χ0n) is 27.0. The number of benzene rings is 1. The predicted octanol–water partition coefficient (Wildman–Crippen LogP) is 11.5. The molecule has 1 aliphatic rings. The lowest BCUT2D eigenvalue weighted by molar-refractivity contribution is -0.112. The van der Waals surface area contributed by atoms with E-state index in [1.165, 1.54) is 42.7 Å². The molecule has 0 saturated heterocycles. The summed E-state index contributed by atoms with van der Waals surface area (Å²) in [6, 6.07) is 8.82. The molecule has 1 aliphatic carbocycles. The standard InChI is InChI=1S/C13H21N.C10H14O.C9H11F3.C4H8/c1-4-10-14(11-5-2)13-8-6-12(3)7-9-13;1-5-10(8(2)3)7-6-9(4)11;1-2-7-5-3-4-6-8(7)9(10,11)12;1-4(2)3/h6-9H,4-5,10-11H2,1-3H3;5-7H,2H2,1,3-4H3;5-6H,2-4H2,1H3;1H2,2-3H3/b;7-6-,10-5-;;. The average Bonchev–Trinajstić information content (AvgIpc) is 2.89. The second-order valence-electron chi connectivity index (χ2n) is 10.3. The monoisotopic (exact) mass is 573 g/mol. The summed E-state index contributed by atoms with van der Waals surface area (Å²) in [5.74, 6) is 0.0607. The first-order valence-corrected chi connectivity index (χ1v) is 14.6. The van der Waals surface area contributed by atoms with Gasteiger partial charge in [0.15, 0.2) is 5.78 Å². The van der Waals surface area contributed by atoms with Crippen molar-refractivity contribution in [1.82, 2.24) is 0 Å². The number of halogens is 3. The Morgan fingerprint density at radius 2 is 1.39 bits per heavy atom. The van der Waals surface area contributed by atoms with Crippen LogP contribution in [0.3, 0.4) is 0 Å². The number of hydrogen-bond acceptors (Lipinski definition) is 2. The molecule has 1 aromatic rings. The first kappa shape index (κ1) is 40.1. The lowest BCUT2D eigenvalue weighted by atomic mass is 9.95. The van der Waals surface area contributed by atoms with Gasteiger partial charge in [0, 0.05) is 18.8 Å². The maximum absolute atomic E-state index is 12.3. The van der Waals surface area contributed by atoms with Crippen molar-refractivity contribution in [2.75, 3.05) is 18.0 Å². The van der Waals surface area contributed by atoms with Crippen LogP contribution in [0.25, 0.3) is 0 Å². The van der Waals surface area contributed by atoms with Crippen molar-refractivity contribution < 1.29 is 18.0 Å². The predicted molar refractivity (Wildman–Crippen MR) is 175 cm³/mol. The van der Waals surface area contributed by atoms with Crippen LogP contribution in [-0.4, -0.2) is 25.0 Å². The Morgan fingerprint density at radius 3 is 1.73 bits per heavy atom. The number of allylic oxidation sites excluding steroid dienone is 10. The second-order valence-corrected chi connectivity index (χ2v) is 10.3. The summed E-state index contributed by atoms with van der Waals surface area (Å²) in [6.45, 7) is 27.3. The molecule has 2 rings (SSSR count). The van der Waals surface area contributed by atoms with E-state index in [2.05, 4.69) is 63.1 Å². The number of carbonyl (C=O) groups excluding carboxylic acids is 1. The van der Waals surface area contributed by atoms with Gasteiger partial charge in [0.2, 0.25) is 0 Å². The van der Waals surface area contributed by atoms with Crippen molar-refractivity contribution in [2.45, 2.75) is 101 Å². The number of rotatable bonds is 9. The van der Waals surface area contributed by atoms with Gasteiger partial charge in [0.1, 0.15) is 0 Å². The van der Waals surface area contributed by atoms with E-state index >= 15 is 0 Å². The largest absolute Gasteiger partial charge is 0.416 e. The van der Waals surface area contributed by atoms with Crippen LogP contribution in [0.5, 0.6) is 0 Å². The van der Waals surface area contributed by atoms with Gasteiger partial charge in [-0.2, -0.15) is 13.2 Å². The summed E-state index contributed by atoms with van der Waals surface area (Å²) < 4.78 is 36.8. The molecule has 5 heteroatoms. The number of nitrogens with zero attached hydrogens (tertiary/aromatic N) is 1. The molecule has 0 fully saturated rings. The van der Waals surface area contributed by atoms with Gasteiger partial charge in [-0.05, 0) is 103 Å². The molecular formula is C36H54F3NO. The average molecular weight is 574 g/mol. The number of carbonyl (C=O) groups is 1. The molecule has 0 atom stereocenters. The molecule has 0 heterocycles. The molecule has 0 bridgehead atoms. The van der Waals surface area contributed by atoms with Crippen LogP contribution < -0.4 is 4.90 Å². The number of alkyl halides is 3. The molecule has 0 spiro atoms. The molecule has 0 unspecified atom stereocenters. The van der Waals surface area contributed by atoms with Crippen LogP contribution in [0.2, 0.25) is 0 Å². The molecule has 0 amide bonds. The third-order valence-corrected chi connectivity index (χ3v) is 5.63. The lowest BCUT2D eigenvalue weighted by Gasteiger charge is -2.23. The quantitative estimate of drug-likeness (QED) is 0.166. The third kappa shape index (κ3) is 20.5. The van der Waals surface area contributed by atoms with Gasteiger partial charge in [0.25, 0.3) is 0 Å². The van der Waals surface area contributed by atoms with Crippen molar-refractivity contribution in [3.8, 4) is 0 Å². The fourth-order valence-corrected chi connectivity index (χ4v) is 3.72. The highest BCUT2D eigenvalue weighted by atomic mass is 19.4. The van der Waals surface area contributed by atoms with Gasteiger partial charge in [-0.1, -0.05) is 80.5 Å². The molecule has 0 saturated carbocycles. The highest BCUT2D eigenvalue weighted by molar-refractivity contribution is 5.87. The number of hydrogen-bond donors (Lipinski definition) is 0. The van der Waals surface area contributed by atoms with E-state index in [1.807, 2.05) is 33.8 Å². The van der Waals surface area contributed by atoms with Crippen LogP contribution in [0.4, 0.5) is 18.9 Å². The van der Waals surface area contributed by atoms with E-state index < -0.39 is 11.7 Å². The maximum Gasteiger partial charge on any atom is 0.416 e. The molecule has 1 aromatic carbocycles. The topological polar surface area (TPSA) is 20.3 Å². The van der Waals surface area contributed by atoms with E-state index in [9.17, 15) is 18.0 Å². The first-order chi connectivity index (χ1) is 19.1. The van der Waals surface area contributed by atoms with Crippen molar-refractivity contribution in [1.29, 1.82) is 0 Å². The van der Waals surface area contributed by atoms with Gasteiger partial charge in [-0.25, -0.2) is 0 Å². The number of ketones is 1. The minimum absolute atomic E-state index is 0.0607. The van der Waals surface area contributed by atoms with Crippen molar-refractivity contribution in [3.63, 3.8) is 0 Å². The smallest absolute Gasteiger partial charge is 0.372 e. The Balaban J connectivity index is 0. The normalized spacial score (nSPS) is 12.8. The van der Waals surface area contributed by atoms with E-state index in [0.717, 1.165) is 30.7 Å². The van der Waals surface area contributed by atoms with Gasteiger partial charge < -0.3 is 4.90 Å². The van der Waals surface area contributed by atoms with Crippen LogP contribution in [0, 0.1) is 6.92 Å². The molecule has 0 aromatic heterocycles. The van der Waals surface area contributed by atoms with E-state index in [-0.39, 0.29) is 5.78 Å². The molecule has 0 aliphatic heterocycles. The van der Waals surface area contributed by atoms with Crippen LogP contribution in [0.1, 0.15) is 93.1 Å². The van der Waals surface area contributed by atoms with E-state index in [4.69, 9.17) is 0 Å². The highest BCUT2D eigenvalue weighted by Gasteiger charge is 2.35. The maximum atomic E-state index is 12.3. The van der Waals surface area contributed by atoms with Crippen LogP contribution in [-0.2, 0) is 4.79 Å². The summed E-state index contributed by atoms with van der Waals surface area (Å²) in [5.41, 5.74) is 5.86. The minimum atomic E-state index is -4.16. The van der Waals surface area contributed by atoms with Crippen molar-refractivity contribution >= 4 is 11.5 Å². The number of aryl methyl sites for hydroxylation is 1. The fourth-order valence-electron chi connectivity index (χ4n) is 3.72. The summed E-state index contributed by atoms with van der Waals surface area (Å²) in [5, 5.41) is 0. The minimum Gasteiger partial charge on any atom is -0.372 e. The fraction of sp³-hybridized carbons (Fsp3) is 0.472. The highest BCUT2D eigenvalue weighted by Crippen LogP contribution is 2.35. The SMILES string of the molecule is C=C(C)C.C=C(C)C(/C=C\C(C)=O)=C\C.CCC1=CCCC=C1C(F)(F)F.CCCN(CCC)c1ccc(C)cc1. The second kappa shape index (κ2) is 22.6. The summed E-state index contributed by atoms with van der Waals surface area (Å²) in [6.07, 6.45) is 8.22. The summed E-state index contributed by atoms with van der Waals surface area (Å²) >= 11 is 0. The van der Waals surface area contributed by atoms with Gasteiger partial charge in [0.05, 0.1) is 5.57 Å². The Kier molecular flexibility index (Phi) is 22.1. The Morgan fingerprint density at radius 1 is 0.902 bits per heavy atom. The van der Waals surface area contributed by atoms with Gasteiger partial charge in [-0.3, -0.25) is 4.79 Å². The first-order valence-electron chi connectivity index (χ1n) is 14.6. The van der Waals surface area contributed by atoms with Gasteiger partial charge in [-0.15, -0.1) is 6.58 Å². The van der Waals surface area contributed by atoms with Crippen LogP contribution >= 0.6 is 0 Å². The number of anilines is 1. The Bertz CT molecular complexity index is 1030. The molecule has 41 heavy (non-hydrogen) atoms. The molecular weight excluding hydrogens is 519 g/mol. The lowest BCUT2D eigenvalue weighted by Crippen LogP contribution is -2.24. The molecule has 0 N–H and O–H groups in total. The summed E-state index contributed by atoms with van der Waals surface area (Å²) in [4.78, 5) is 13.0. The van der Waals surface area contributed by atoms with Crippen LogP contribution in [0.15, 0.2) is 95.7 Å². The molecule has 2 nitrogen and oxygen atoms in total. The molecule has 0 radical (unpaired) electrons. The zero-order chi connectivity index (χ0) is 32.0. The Hall–Kier alpha value is -3.08. The van der Waals surface area contributed by atoms with E-state index in [0.29, 0.717) is 18.4 Å². The molecule has 230 valence electrons. The van der Waals surface area contributed by atoms with Gasteiger partial charge >= 0.3 is 6.18 Å².